The molecule has 0 radical (unpaired) electrons. The van der Waals surface area contributed by atoms with E-state index in [2.05, 4.69) is 42.6 Å². The molecule has 4 nitrogen and oxygen atoms in total. The second kappa shape index (κ2) is 5.02. The Morgan fingerprint density at radius 3 is 2.61 bits per heavy atom. The van der Waals surface area contributed by atoms with Crippen molar-refractivity contribution in [1.29, 1.82) is 0 Å². The standard InChI is InChI=1S/C14H25N3O/c1-13(2,3)12(7-17-6-5-15-11-17)16-8-14(4)9-18-10-14/h5-6,11-12,16H,7-10H2,1-4H3. The second-order valence-electron chi connectivity index (χ2n) is 6.86. The van der Waals surface area contributed by atoms with Crippen molar-refractivity contribution in [3.63, 3.8) is 0 Å². The van der Waals surface area contributed by atoms with Gasteiger partial charge in [-0.3, -0.25) is 0 Å². The zero-order valence-electron chi connectivity index (χ0n) is 11.9. The lowest BCUT2D eigenvalue weighted by molar-refractivity contribution is -0.101. The van der Waals surface area contributed by atoms with Gasteiger partial charge >= 0.3 is 0 Å². The summed E-state index contributed by atoms with van der Waals surface area (Å²) in [5.41, 5.74) is 0.545. The lowest BCUT2D eigenvalue weighted by atomic mass is 9.84. The number of ether oxygens (including phenoxy) is 1. The van der Waals surface area contributed by atoms with Crippen molar-refractivity contribution < 1.29 is 4.74 Å². The minimum absolute atomic E-state index is 0.227. The third-order valence-corrected chi connectivity index (χ3v) is 3.67. The molecule has 0 aliphatic carbocycles. The van der Waals surface area contributed by atoms with Crippen LogP contribution in [0.1, 0.15) is 27.7 Å². The largest absolute Gasteiger partial charge is 0.380 e. The van der Waals surface area contributed by atoms with Gasteiger partial charge in [0.2, 0.25) is 0 Å². The van der Waals surface area contributed by atoms with E-state index in [9.17, 15) is 0 Å². The molecule has 2 heterocycles. The van der Waals surface area contributed by atoms with Gasteiger partial charge in [-0.15, -0.1) is 0 Å². The molecule has 1 fully saturated rings. The van der Waals surface area contributed by atoms with Crippen molar-refractivity contribution >= 4 is 0 Å². The predicted octanol–water partition coefficient (Wildman–Crippen LogP) is 1.92. The highest BCUT2D eigenvalue weighted by Gasteiger charge is 2.35. The summed E-state index contributed by atoms with van der Waals surface area (Å²) in [5.74, 6) is 0. The van der Waals surface area contributed by atoms with Gasteiger partial charge in [-0.25, -0.2) is 4.98 Å². The minimum atomic E-state index is 0.227. The number of aromatic nitrogens is 2. The van der Waals surface area contributed by atoms with Crippen molar-refractivity contribution in [3.8, 4) is 0 Å². The highest BCUT2D eigenvalue weighted by molar-refractivity contribution is 4.89. The average Bonchev–Trinajstić information content (AvgIpc) is 2.72. The number of hydrogen-bond donors (Lipinski definition) is 1. The van der Waals surface area contributed by atoms with Gasteiger partial charge < -0.3 is 14.6 Å². The molecule has 0 bridgehead atoms. The molecule has 1 atom stereocenters. The zero-order chi connectivity index (χ0) is 13.2. The molecule has 1 N–H and O–H groups in total. The van der Waals surface area contributed by atoms with E-state index in [1.54, 1.807) is 0 Å². The molecule has 102 valence electrons. The van der Waals surface area contributed by atoms with Crippen LogP contribution in [-0.2, 0) is 11.3 Å². The van der Waals surface area contributed by atoms with Crippen LogP contribution >= 0.6 is 0 Å². The van der Waals surface area contributed by atoms with E-state index in [1.807, 2.05) is 18.7 Å². The SMILES string of the molecule is CC1(CNC(Cn2ccnc2)C(C)(C)C)COC1. The first-order valence-electron chi connectivity index (χ1n) is 6.66. The van der Waals surface area contributed by atoms with Crippen molar-refractivity contribution in [2.45, 2.75) is 40.3 Å². The van der Waals surface area contributed by atoms with Gasteiger partial charge in [0, 0.05) is 36.9 Å². The molecule has 2 rings (SSSR count). The summed E-state index contributed by atoms with van der Waals surface area (Å²) in [6.45, 7) is 12.8. The summed E-state index contributed by atoms with van der Waals surface area (Å²) in [6.07, 6.45) is 5.74. The lowest BCUT2D eigenvalue weighted by Crippen LogP contribution is -2.53. The van der Waals surface area contributed by atoms with Crippen LogP contribution in [-0.4, -0.2) is 35.4 Å². The molecule has 1 aromatic rings. The lowest BCUT2D eigenvalue weighted by Gasteiger charge is -2.41. The number of nitrogens with zero attached hydrogens (tertiary/aromatic N) is 2. The normalized spacial score (nSPS) is 20.4. The van der Waals surface area contributed by atoms with Crippen LogP contribution in [0.15, 0.2) is 18.7 Å². The van der Waals surface area contributed by atoms with E-state index in [-0.39, 0.29) is 5.41 Å². The monoisotopic (exact) mass is 251 g/mol. The van der Waals surface area contributed by atoms with Crippen molar-refractivity contribution in [3.05, 3.63) is 18.7 Å². The molecule has 0 spiro atoms. The Kier molecular flexibility index (Phi) is 3.78. The topological polar surface area (TPSA) is 39.1 Å². The Balaban J connectivity index is 1.93. The maximum absolute atomic E-state index is 5.31. The Bertz CT molecular complexity index is 363. The highest BCUT2D eigenvalue weighted by Crippen LogP contribution is 2.27. The van der Waals surface area contributed by atoms with Gasteiger partial charge in [-0.1, -0.05) is 27.7 Å². The van der Waals surface area contributed by atoms with Crippen molar-refractivity contribution in [1.82, 2.24) is 14.9 Å². The van der Waals surface area contributed by atoms with E-state index in [0.29, 0.717) is 11.5 Å². The first kappa shape index (κ1) is 13.6. The van der Waals surface area contributed by atoms with E-state index < -0.39 is 0 Å². The van der Waals surface area contributed by atoms with E-state index >= 15 is 0 Å². The summed E-state index contributed by atoms with van der Waals surface area (Å²) < 4.78 is 7.45. The predicted molar refractivity (Wildman–Crippen MR) is 72.4 cm³/mol. The summed E-state index contributed by atoms with van der Waals surface area (Å²) >= 11 is 0. The van der Waals surface area contributed by atoms with Crippen LogP contribution in [0, 0.1) is 10.8 Å². The number of imidazole rings is 1. The summed E-state index contributed by atoms with van der Waals surface area (Å²) in [6, 6.07) is 0.434. The molecule has 1 unspecified atom stereocenters. The van der Waals surface area contributed by atoms with Gasteiger partial charge in [0.15, 0.2) is 0 Å². The molecule has 0 amide bonds. The Morgan fingerprint density at radius 1 is 1.44 bits per heavy atom. The third-order valence-electron chi connectivity index (χ3n) is 3.67. The van der Waals surface area contributed by atoms with Gasteiger partial charge in [0.05, 0.1) is 19.5 Å². The summed E-state index contributed by atoms with van der Waals surface area (Å²) in [5, 5.41) is 3.71. The van der Waals surface area contributed by atoms with Crippen LogP contribution < -0.4 is 5.32 Å². The molecular formula is C14H25N3O. The molecule has 4 heteroatoms. The van der Waals surface area contributed by atoms with Crippen LogP contribution in [0.2, 0.25) is 0 Å². The maximum Gasteiger partial charge on any atom is 0.0946 e. The molecule has 1 aliphatic rings. The third kappa shape index (κ3) is 3.33. The van der Waals surface area contributed by atoms with Crippen LogP contribution in [0.3, 0.4) is 0 Å². The van der Waals surface area contributed by atoms with Gasteiger partial charge in [-0.2, -0.15) is 0 Å². The Morgan fingerprint density at radius 2 is 2.17 bits per heavy atom. The Labute approximate surface area is 110 Å². The molecule has 0 aromatic carbocycles. The molecule has 0 saturated carbocycles. The van der Waals surface area contributed by atoms with E-state index in [4.69, 9.17) is 4.74 Å². The summed E-state index contributed by atoms with van der Waals surface area (Å²) in [7, 11) is 0. The van der Waals surface area contributed by atoms with Gasteiger partial charge in [0.1, 0.15) is 0 Å². The first-order chi connectivity index (χ1) is 8.39. The molecular weight excluding hydrogens is 226 g/mol. The van der Waals surface area contributed by atoms with E-state index in [0.717, 1.165) is 26.3 Å². The smallest absolute Gasteiger partial charge is 0.0946 e. The summed E-state index contributed by atoms with van der Waals surface area (Å²) in [4.78, 5) is 4.11. The van der Waals surface area contributed by atoms with Crippen molar-refractivity contribution in [2.24, 2.45) is 10.8 Å². The molecule has 1 aliphatic heterocycles. The first-order valence-corrected chi connectivity index (χ1v) is 6.66. The molecule has 18 heavy (non-hydrogen) atoms. The maximum atomic E-state index is 5.31. The molecule has 1 saturated heterocycles. The second-order valence-corrected chi connectivity index (χ2v) is 6.86. The fraction of sp³-hybridized carbons (Fsp3) is 0.786. The van der Waals surface area contributed by atoms with Gasteiger partial charge in [-0.05, 0) is 5.41 Å². The van der Waals surface area contributed by atoms with E-state index in [1.165, 1.54) is 0 Å². The quantitative estimate of drug-likeness (QED) is 0.869. The molecule has 1 aromatic heterocycles. The van der Waals surface area contributed by atoms with Crippen molar-refractivity contribution in [2.75, 3.05) is 19.8 Å². The van der Waals surface area contributed by atoms with Gasteiger partial charge in [0.25, 0.3) is 0 Å². The fourth-order valence-corrected chi connectivity index (χ4v) is 2.17. The van der Waals surface area contributed by atoms with Crippen LogP contribution in [0.25, 0.3) is 0 Å². The number of nitrogens with one attached hydrogen (secondary N) is 1. The minimum Gasteiger partial charge on any atom is -0.380 e. The number of rotatable bonds is 5. The Hall–Kier alpha value is -0.870. The highest BCUT2D eigenvalue weighted by atomic mass is 16.5. The van der Waals surface area contributed by atoms with Crippen LogP contribution in [0.4, 0.5) is 0 Å². The average molecular weight is 251 g/mol. The fourth-order valence-electron chi connectivity index (χ4n) is 2.17. The zero-order valence-corrected chi connectivity index (χ0v) is 11.9. The van der Waals surface area contributed by atoms with Crippen LogP contribution in [0.5, 0.6) is 0 Å². The number of hydrogen-bond acceptors (Lipinski definition) is 3.